The van der Waals surface area contributed by atoms with Gasteiger partial charge in [0.1, 0.15) is 4.90 Å². The van der Waals surface area contributed by atoms with E-state index in [2.05, 4.69) is 0 Å². The molecule has 1 N–H and O–H groups in total. The largest absolute Gasteiger partial charge is 0.393 e. The molecule has 0 radical (unpaired) electrons. The molecule has 0 bridgehead atoms. The quantitative estimate of drug-likeness (QED) is 0.841. The van der Waals surface area contributed by atoms with Gasteiger partial charge in [0, 0.05) is 13.1 Å². The molecule has 0 saturated carbocycles. The van der Waals surface area contributed by atoms with Crippen LogP contribution in [0.25, 0.3) is 0 Å². The van der Waals surface area contributed by atoms with E-state index in [1.807, 2.05) is 0 Å². The molecule has 1 aliphatic heterocycles. The summed E-state index contributed by atoms with van der Waals surface area (Å²) < 4.78 is 39.8. The van der Waals surface area contributed by atoms with Crippen LogP contribution in [-0.2, 0) is 10.0 Å². The molecule has 112 valence electrons. The third kappa shape index (κ3) is 2.80. The van der Waals surface area contributed by atoms with Crippen molar-refractivity contribution < 1.29 is 17.9 Å². The number of hydrogen-bond donors (Lipinski definition) is 1. The van der Waals surface area contributed by atoms with Crippen LogP contribution in [-0.4, -0.2) is 37.0 Å². The van der Waals surface area contributed by atoms with E-state index in [0.29, 0.717) is 6.42 Å². The van der Waals surface area contributed by atoms with E-state index in [1.54, 1.807) is 6.92 Å². The van der Waals surface area contributed by atoms with Crippen molar-refractivity contribution >= 4 is 33.2 Å². The van der Waals surface area contributed by atoms with Gasteiger partial charge in [0.25, 0.3) is 0 Å². The van der Waals surface area contributed by atoms with Gasteiger partial charge >= 0.3 is 0 Å². The summed E-state index contributed by atoms with van der Waals surface area (Å²) in [5, 5.41) is 8.91. The predicted molar refractivity (Wildman–Crippen MR) is 75.0 cm³/mol. The zero-order chi connectivity index (χ0) is 15.1. The fourth-order valence-corrected chi connectivity index (χ4v) is 4.43. The van der Waals surface area contributed by atoms with Gasteiger partial charge in [0.2, 0.25) is 10.0 Å². The molecular weight excluding hydrogens is 328 g/mol. The molecule has 1 saturated heterocycles. The van der Waals surface area contributed by atoms with Gasteiger partial charge in [0.15, 0.2) is 5.82 Å². The van der Waals surface area contributed by atoms with Crippen LogP contribution >= 0.6 is 23.2 Å². The predicted octanol–water partition coefficient (Wildman–Crippen LogP) is 2.52. The van der Waals surface area contributed by atoms with Crippen LogP contribution in [0.1, 0.15) is 13.3 Å². The average molecular weight is 342 g/mol. The normalized spacial score (nSPS) is 24.9. The number of aliphatic hydroxyl groups excluding tert-OH is 1. The zero-order valence-corrected chi connectivity index (χ0v) is 13.0. The maximum Gasteiger partial charge on any atom is 0.244 e. The lowest BCUT2D eigenvalue weighted by atomic mass is 9.99. The number of sulfonamides is 1. The monoisotopic (exact) mass is 341 g/mol. The summed E-state index contributed by atoms with van der Waals surface area (Å²) in [4.78, 5) is -0.301. The molecule has 1 aromatic rings. The highest BCUT2D eigenvalue weighted by molar-refractivity contribution is 7.89. The average Bonchev–Trinajstić information content (AvgIpc) is 2.38. The van der Waals surface area contributed by atoms with Crippen molar-refractivity contribution in [1.29, 1.82) is 0 Å². The van der Waals surface area contributed by atoms with Gasteiger partial charge in [-0.15, -0.1) is 0 Å². The zero-order valence-electron chi connectivity index (χ0n) is 10.7. The van der Waals surface area contributed by atoms with E-state index < -0.39 is 27.0 Å². The third-order valence-electron chi connectivity index (χ3n) is 3.44. The second kappa shape index (κ2) is 5.77. The van der Waals surface area contributed by atoms with E-state index >= 15 is 0 Å². The summed E-state index contributed by atoms with van der Waals surface area (Å²) in [6.45, 7) is 2.11. The van der Waals surface area contributed by atoms with Crippen LogP contribution in [0.3, 0.4) is 0 Å². The lowest BCUT2D eigenvalue weighted by molar-refractivity contribution is 0.0628. The summed E-state index contributed by atoms with van der Waals surface area (Å²) in [6.07, 6.45) is -0.187. The Labute approximate surface area is 127 Å². The van der Waals surface area contributed by atoms with E-state index in [9.17, 15) is 17.9 Å². The second-order valence-corrected chi connectivity index (χ2v) is 7.56. The van der Waals surface area contributed by atoms with Gasteiger partial charge in [0.05, 0.1) is 16.1 Å². The molecule has 0 amide bonds. The van der Waals surface area contributed by atoms with E-state index in [4.69, 9.17) is 23.2 Å². The first kappa shape index (κ1) is 16.0. The molecule has 2 atom stereocenters. The first-order valence-electron chi connectivity index (χ1n) is 6.07. The summed E-state index contributed by atoms with van der Waals surface area (Å²) >= 11 is 11.3. The molecule has 4 nitrogen and oxygen atoms in total. The van der Waals surface area contributed by atoms with Crippen molar-refractivity contribution in [3.63, 3.8) is 0 Å². The number of piperidine rings is 1. The highest BCUT2D eigenvalue weighted by Gasteiger charge is 2.34. The smallest absolute Gasteiger partial charge is 0.244 e. The molecule has 8 heteroatoms. The van der Waals surface area contributed by atoms with E-state index in [-0.39, 0.29) is 28.9 Å². The second-order valence-electron chi connectivity index (χ2n) is 4.87. The number of nitrogens with zero attached hydrogens (tertiary/aromatic N) is 1. The Hall–Kier alpha value is -0.400. The number of hydrogen-bond acceptors (Lipinski definition) is 3. The lowest BCUT2D eigenvalue weighted by Crippen LogP contribution is -2.44. The molecule has 0 aromatic heterocycles. The molecule has 1 aromatic carbocycles. The van der Waals surface area contributed by atoms with E-state index in [1.165, 1.54) is 10.4 Å². The first-order valence-corrected chi connectivity index (χ1v) is 8.26. The van der Waals surface area contributed by atoms with Crippen molar-refractivity contribution in [3.8, 4) is 0 Å². The summed E-state index contributed by atoms with van der Waals surface area (Å²) in [5.74, 6) is -1.13. The number of benzene rings is 1. The van der Waals surface area contributed by atoms with Gasteiger partial charge in [-0.3, -0.25) is 0 Å². The minimum atomic E-state index is -3.90. The number of halogens is 3. The summed E-state index contributed by atoms with van der Waals surface area (Å²) in [5.41, 5.74) is 0. The first-order chi connectivity index (χ1) is 9.25. The molecule has 20 heavy (non-hydrogen) atoms. The highest BCUT2D eigenvalue weighted by atomic mass is 35.5. The van der Waals surface area contributed by atoms with Crippen LogP contribution in [0.15, 0.2) is 17.0 Å². The fraction of sp³-hybridized carbons (Fsp3) is 0.500. The van der Waals surface area contributed by atoms with Crippen molar-refractivity contribution in [2.75, 3.05) is 13.1 Å². The van der Waals surface area contributed by atoms with Crippen LogP contribution in [0, 0.1) is 11.7 Å². The van der Waals surface area contributed by atoms with Crippen LogP contribution in [0.2, 0.25) is 10.0 Å². The van der Waals surface area contributed by atoms with E-state index in [0.717, 1.165) is 6.07 Å². The number of aliphatic hydroxyl groups is 1. The van der Waals surface area contributed by atoms with Crippen molar-refractivity contribution in [2.24, 2.45) is 5.92 Å². The summed E-state index contributed by atoms with van der Waals surface area (Å²) in [7, 11) is -3.90. The topological polar surface area (TPSA) is 57.6 Å². The SMILES string of the molecule is C[C@H]1CN(S(=O)(=O)c2ccc(Cl)c(F)c2Cl)CC[C@@H]1O. The Morgan fingerprint density at radius 2 is 2.05 bits per heavy atom. The molecular formula is C12H14Cl2FNO3S. The maximum absolute atomic E-state index is 13.6. The van der Waals surface area contributed by atoms with Crippen molar-refractivity contribution in [1.82, 2.24) is 4.31 Å². The standard InChI is InChI=1S/C12H14Cl2FNO3S/c1-7-6-16(5-4-9(7)17)20(18,19)10-3-2-8(13)12(15)11(10)14/h2-3,7,9,17H,4-6H2,1H3/t7-,9-/m0/s1. The molecule has 1 heterocycles. The van der Waals surface area contributed by atoms with Crippen LogP contribution in [0.5, 0.6) is 0 Å². The molecule has 2 rings (SSSR count). The fourth-order valence-electron chi connectivity index (χ4n) is 2.16. The van der Waals surface area contributed by atoms with Gasteiger partial charge in [-0.2, -0.15) is 4.31 Å². The maximum atomic E-state index is 13.6. The van der Waals surface area contributed by atoms with Crippen LogP contribution < -0.4 is 0 Å². The van der Waals surface area contributed by atoms with Crippen molar-refractivity contribution in [2.45, 2.75) is 24.3 Å². The summed E-state index contributed by atoms with van der Waals surface area (Å²) in [6, 6.07) is 2.36. The van der Waals surface area contributed by atoms with Crippen molar-refractivity contribution in [3.05, 3.63) is 28.0 Å². The minimum Gasteiger partial charge on any atom is -0.393 e. The Morgan fingerprint density at radius 1 is 1.40 bits per heavy atom. The molecule has 0 unspecified atom stereocenters. The molecule has 0 spiro atoms. The number of rotatable bonds is 2. The lowest BCUT2D eigenvalue weighted by Gasteiger charge is -2.33. The molecule has 1 aliphatic rings. The van der Waals surface area contributed by atoms with Gasteiger partial charge in [-0.25, -0.2) is 12.8 Å². The Bertz CT molecular complexity index is 623. The van der Waals surface area contributed by atoms with Gasteiger partial charge in [-0.1, -0.05) is 30.1 Å². The Kier molecular flexibility index (Phi) is 4.61. The third-order valence-corrected chi connectivity index (χ3v) is 6.12. The van der Waals surface area contributed by atoms with Gasteiger partial charge in [-0.05, 0) is 24.5 Å². The highest BCUT2D eigenvalue weighted by Crippen LogP contribution is 2.32. The molecule has 0 aliphatic carbocycles. The Balaban J connectivity index is 2.39. The molecule has 1 fully saturated rings. The Morgan fingerprint density at radius 3 is 2.65 bits per heavy atom. The van der Waals surface area contributed by atoms with Crippen LogP contribution in [0.4, 0.5) is 4.39 Å². The van der Waals surface area contributed by atoms with Gasteiger partial charge < -0.3 is 5.11 Å². The minimum absolute atomic E-state index is 0.171.